The standard InChI is InChI=1S/C22H25N3O2/c26-21-13-18(15-25(21)20-9-10-20)14-23-22(27)24-19-8-4-7-17(12-19)11-16-5-2-1-3-6-16/h1-8,12,18,20H,9-11,13-15H2,(H2,23,24,27). The molecule has 2 fully saturated rings. The van der Waals surface area contributed by atoms with E-state index >= 15 is 0 Å². The van der Waals surface area contributed by atoms with E-state index in [2.05, 4.69) is 28.8 Å². The molecule has 5 nitrogen and oxygen atoms in total. The monoisotopic (exact) mass is 363 g/mol. The van der Waals surface area contributed by atoms with Gasteiger partial charge in [-0.2, -0.15) is 0 Å². The van der Waals surface area contributed by atoms with Crippen LogP contribution in [0.3, 0.4) is 0 Å². The van der Waals surface area contributed by atoms with Crippen molar-refractivity contribution in [2.45, 2.75) is 31.7 Å². The summed E-state index contributed by atoms with van der Waals surface area (Å²) in [6, 6.07) is 18.4. The molecule has 0 radical (unpaired) electrons. The minimum atomic E-state index is -0.218. The Kier molecular flexibility index (Phi) is 5.10. The van der Waals surface area contributed by atoms with Gasteiger partial charge in [-0.15, -0.1) is 0 Å². The molecule has 2 aromatic rings. The number of carbonyl (C=O) groups excluding carboxylic acids is 2. The van der Waals surface area contributed by atoms with Crippen LogP contribution < -0.4 is 10.6 Å². The van der Waals surface area contributed by atoms with Crippen LogP contribution in [0.25, 0.3) is 0 Å². The van der Waals surface area contributed by atoms with Crippen molar-refractivity contribution in [1.82, 2.24) is 10.2 Å². The van der Waals surface area contributed by atoms with Crippen molar-refractivity contribution < 1.29 is 9.59 Å². The third-order valence-corrected chi connectivity index (χ3v) is 5.21. The molecule has 0 spiro atoms. The zero-order valence-electron chi connectivity index (χ0n) is 15.4. The molecule has 140 valence electrons. The predicted octanol–water partition coefficient (Wildman–Crippen LogP) is 3.41. The van der Waals surface area contributed by atoms with E-state index < -0.39 is 0 Å². The molecule has 0 aromatic heterocycles. The summed E-state index contributed by atoms with van der Waals surface area (Å²) >= 11 is 0. The van der Waals surface area contributed by atoms with Crippen LogP contribution in [0.1, 0.15) is 30.4 Å². The summed E-state index contributed by atoms with van der Waals surface area (Å²) in [6.07, 6.45) is 3.64. The molecule has 2 N–H and O–H groups in total. The summed E-state index contributed by atoms with van der Waals surface area (Å²) in [5.41, 5.74) is 3.17. The molecule has 1 atom stereocenters. The number of benzene rings is 2. The second-order valence-corrected chi connectivity index (χ2v) is 7.55. The van der Waals surface area contributed by atoms with Gasteiger partial charge in [0.2, 0.25) is 5.91 Å². The van der Waals surface area contributed by atoms with E-state index in [0.29, 0.717) is 19.0 Å². The van der Waals surface area contributed by atoms with Crippen molar-refractivity contribution >= 4 is 17.6 Å². The van der Waals surface area contributed by atoms with Gasteiger partial charge in [-0.25, -0.2) is 4.79 Å². The largest absolute Gasteiger partial charge is 0.339 e. The Bertz CT molecular complexity index is 817. The highest BCUT2D eigenvalue weighted by Gasteiger charge is 2.39. The van der Waals surface area contributed by atoms with Gasteiger partial charge < -0.3 is 15.5 Å². The number of rotatable bonds is 6. The molecule has 1 saturated heterocycles. The number of hydrogen-bond acceptors (Lipinski definition) is 2. The highest BCUT2D eigenvalue weighted by molar-refractivity contribution is 5.89. The maximum atomic E-state index is 12.2. The molecule has 1 aliphatic carbocycles. The summed E-state index contributed by atoms with van der Waals surface area (Å²) < 4.78 is 0. The van der Waals surface area contributed by atoms with E-state index in [4.69, 9.17) is 0 Å². The van der Waals surface area contributed by atoms with E-state index in [-0.39, 0.29) is 17.9 Å². The van der Waals surface area contributed by atoms with Gasteiger partial charge in [0.1, 0.15) is 0 Å². The van der Waals surface area contributed by atoms with E-state index in [9.17, 15) is 9.59 Å². The van der Waals surface area contributed by atoms with Crippen LogP contribution in [0.4, 0.5) is 10.5 Å². The number of hydrogen-bond donors (Lipinski definition) is 2. The van der Waals surface area contributed by atoms with E-state index in [1.54, 1.807) is 0 Å². The minimum absolute atomic E-state index is 0.216. The van der Waals surface area contributed by atoms with E-state index in [1.807, 2.05) is 41.3 Å². The Hall–Kier alpha value is -2.82. The molecule has 1 aliphatic heterocycles. The molecule has 27 heavy (non-hydrogen) atoms. The highest BCUT2D eigenvalue weighted by Crippen LogP contribution is 2.32. The van der Waals surface area contributed by atoms with Crippen molar-refractivity contribution in [3.63, 3.8) is 0 Å². The summed E-state index contributed by atoms with van der Waals surface area (Å²) in [5, 5.41) is 5.81. The van der Waals surface area contributed by atoms with Gasteiger partial charge in [0, 0.05) is 37.2 Å². The fourth-order valence-corrected chi connectivity index (χ4v) is 3.69. The Morgan fingerprint density at radius 1 is 1.04 bits per heavy atom. The lowest BCUT2D eigenvalue weighted by molar-refractivity contribution is -0.128. The number of anilines is 1. The SMILES string of the molecule is O=C(NCC1CC(=O)N(C2CC2)C1)Nc1cccc(Cc2ccccc2)c1. The van der Waals surface area contributed by atoms with E-state index in [0.717, 1.165) is 37.1 Å². The Morgan fingerprint density at radius 3 is 2.59 bits per heavy atom. The Balaban J connectivity index is 1.27. The molecule has 1 heterocycles. The lowest BCUT2D eigenvalue weighted by Crippen LogP contribution is -2.34. The fourth-order valence-electron chi connectivity index (χ4n) is 3.69. The molecule has 5 heteroatoms. The topological polar surface area (TPSA) is 61.4 Å². The molecule has 2 aromatic carbocycles. The molecule has 1 unspecified atom stereocenters. The highest BCUT2D eigenvalue weighted by atomic mass is 16.2. The van der Waals surface area contributed by atoms with Crippen LogP contribution in [0, 0.1) is 5.92 Å². The smallest absolute Gasteiger partial charge is 0.319 e. The molecular formula is C22H25N3O2. The first-order valence-electron chi connectivity index (χ1n) is 9.64. The molecule has 0 bridgehead atoms. The number of nitrogens with one attached hydrogen (secondary N) is 2. The number of urea groups is 1. The molecule has 3 amide bonds. The predicted molar refractivity (Wildman–Crippen MR) is 106 cm³/mol. The molecule has 1 saturated carbocycles. The van der Waals surface area contributed by atoms with Crippen molar-refractivity contribution in [3.05, 3.63) is 65.7 Å². The average molecular weight is 363 g/mol. The second kappa shape index (κ2) is 7.82. The van der Waals surface area contributed by atoms with Crippen molar-refractivity contribution in [3.8, 4) is 0 Å². The fraction of sp³-hybridized carbons (Fsp3) is 0.364. The number of amides is 3. The van der Waals surface area contributed by atoms with Crippen LogP contribution in [-0.4, -0.2) is 36.0 Å². The first-order chi connectivity index (χ1) is 13.2. The number of carbonyl (C=O) groups is 2. The molecule has 4 rings (SSSR count). The number of nitrogens with zero attached hydrogens (tertiary/aromatic N) is 1. The maximum Gasteiger partial charge on any atom is 0.319 e. The molecule has 2 aliphatic rings. The number of likely N-dealkylation sites (tertiary alicyclic amines) is 1. The van der Waals surface area contributed by atoms with Gasteiger partial charge in [0.25, 0.3) is 0 Å². The van der Waals surface area contributed by atoms with Crippen LogP contribution in [0.5, 0.6) is 0 Å². The summed E-state index contributed by atoms with van der Waals surface area (Å²) in [5.74, 6) is 0.451. The summed E-state index contributed by atoms with van der Waals surface area (Å²) in [4.78, 5) is 26.2. The third kappa shape index (κ3) is 4.67. The molecular weight excluding hydrogens is 338 g/mol. The van der Waals surface area contributed by atoms with Crippen molar-refractivity contribution in [1.29, 1.82) is 0 Å². The van der Waals surface area contributed by atoms with E-state index in [1.165, 1.54) is 5.56 Å². The van der Waals surface area contributed by atoms with Gasteiger partial charge in [-0.1, -0.05) is 42.5 Å². The first kappa shape index (κ1) is 17.6. The van der Waals surface area contributed by atoms with Gasteiger partial charge >= 0.3 is 6.03 Å². The van der Waals surface area contributed by atoms with Crippen molar-refractivity contribution in [2.24, 2.45) is 5.92 Å². The average Bonchev–Trinajstić information content (AvgIpc) is 3.44. The second-order valence-electron chi connectivity index (χ2n) is 7.55. The van der Waals surface area contributed by atoms with Gasteiger partial charge in [0.05, 0.1) is 0 Å². The summed E-state index contributed by atoms with van der Waals surface area (Å²) in [6.45, 7) is 1.31. The van der Waals surface area contributed by atoms with Crippen LogP contribution in [0.2, 0.25) is 0 Å². The van der Waals surface area contributed by atoms with Gasteiger partial charge in [0.15, 0.2) is 0 Å². The van der Waals surface area contributed by atoms with Crippen LogP contribution in [-0.2, 0) is 11.2 Å². The first-order valence-corrected chi connectivity index (χ1v) is 9.64. The van der Waals surface area contributed by atoms with Gasteiger partial charge in [-0.05, 0) is 42.5 Å². The Morgan fingerprint density at radius 2 is 1.81 bits per heavy atom. The van der Waals surface area contributed by atoms with Crippen LogP contribution in [0.15, 0.2) is 54.6 Å². The quantitative estimate of drug-likeness (QED) is 0.826. The lowest BCUT2D eigenvalue weighted by atomic mass is 10.0. The third-order valence-electron chi connectivity index (χ3n) is 5.21. The zero-order valence-corrected chi connectivity index (χ0v) is 15.4. The summed E-state index contributed by atoms with van der Waals surface area (Å²) in [7, 11) is 0. The van der Waals surface area contributed by atoms with Crippen LogP contribution >= 0.6 is 0 Å². The Labute approximate surface area is 159 Å². The van der Waals surface area contributed by atoms with Gasteiger partial charge in [-0.3, -0.25) is 4.79 Å². The lowest BCUT2D eigenvalue weighted by Gasteiger charge is -2.16. The zero-order chi connectivity index (χ0) is 18.6. The maximum absolute atomic E-state index is 12.2. The minimum Gasteiger partial charge on any atom is -0.339 e. The van der Waals surface area contributed by atoms with Crippen molar-refractivity contribution in [2.75, 3.05) is 18.4 Å². The normalized spacial score (nSPS) is 19.2.